The molecule has 2 rings (SSSR count). The van der Waals surface area contributed by atoms with Gasteiger partial charge in [0.15, 0.2) is 11.6 Å². The molecule has 4 heteroatoms. The molecule has 1 atom stereocenters. The lowest BCUT2D eigenvalue weighted by Gasteiger charge is -2.09. The molecular formula is C25H38N2O2. The molecule has 1 aromatic heterocycles. The van der Waals surface area contributed by atoms with E-state index in [1.165, 1.54) is 44.9 Å². The molecule has 1 heterocycles. The van der Waals surface area contributed by atoms with Crippen LogP contribution in [0.2, 0.25) is 0 Å². The van der Waals surface area contributed by atoms with Crippen molar-refractivity contribution in [3.8, 4) is 22.9 Å². The summed E-state index contributed by atoms with van der Waals surface area (Å²) in [6.07, 6.45) is 14.6. The van der Waals surface area contributed by atoms with Crippen molar-refractivity contribution in [1.29, 1.82) is 0 Å². The summed E-state index contributed by atoms with van der Waals surface area (Å²) >= 11 is 0. The van der Waals surface area contributed by atoms with E-state index in [1.807, 2.05) is 24.3 Å². The summed E-state index contributed by atoms with van der Waals surface area (Å²) < 4.78 is 11.6. The summed E-state index contributed by atoms with van der Waals surface area (Å²) in [6.45, 7) is 8.29. The molecule has 0 N–H and O–H groups in total. The molecule has 0 spiro atoms. The number of nitrogens with zero attached hydrogens (tertiary/aromatic N) is 2. The Bertz CT molecular complexity index is 656. The molecule has 0 aliphatic heterocycles. The minimum absolute atomic E-state index is 0.709. The fourth-order valence-electron chi connectivity index (χ4n) is 3.12. The lowest BCUT2D eigenvalue weighted by atomic mass is 10.0. The maximum Gasteiger partial charge on any atom is 0.159 e. The predicted octanol–water partition coefficient (Wildman–Crippen LogP) is 7.09. The van der Waals surface area contributed by atoms with E-state index in [1.54, 1.807) is 12.4 Å². The van der Waals surface area contributed by atoms with Crippen molar-refractivity contribution in [2.75, 3.05) is 13.2 Å². The Morgan fingerprint density at radius 2 is 1.38 bits per heavy atom. The molecule has 1 aromatic carbocycles. The van der Waals surface area contributed by atoms with Gasteiger partial charge in [0.25, 0.3) is 0 Å². The van der Waals surface area contributed by atoms with E-state index in [0.29, 0.717) is 5.82 Å². The van der Waals surface area contributed by atoms with Crippen LogP contribution in [-0.4, -0.2) is 23.2 Å². The molecule has 0 aliphatic rings. The SMILES string of the molecule is CCCCCCCOc1ccc(-c2ncc(OCCCCC(C)CC)cn2)cc1. The Labute approximate surface area is 177 Å². The Kier molecular flexibility index (Phi) is 11.2. The first-order valence-electron chi connectivity index (χ1n) is 11.4. The molecule has 0 aliphatic carbocycles. The average molecular weight is 399 g/mol. The topological polar surface area (TPSA) is 44.2 Å². The van der Waals surface area contributed by atoms with E-state index >= 15 is 0 Å². The fraction of sp³-hybridized carbons (Fsp3) is 0.600. The highest BCUT2D eigenvalue weighted by Crippen LogP contribution is 2.21. The van der Waals surface area contributed by atoms with Gasteiger partial charge in [-0.3, -0.25) is 0 Å². The van der Waals surface area contributed by atoms with E-state index < -0.39 is 0 Å². The predicted molar refractivity (Wildman–Crippen MR) is 121 cm³/mol. The van der Waals surface area contributed by atoms with Crippen LogP contribution in [0.15, 0.2) is 36.7 Å². The Hall–Kier alpha value is -2.10. The van der Waals surface area contributed by atoms with E-state index in [0.717, 1.165) is 49.0 Å². The second-order valence-corrected chi connectivity index (χ2v) is 7.89. The van der Waals surface area contributed by atoms with Crippen molar-refractivity contribution in [1.82, 2.24) is 9.97 Å². The molecule has 0 radical (unpaired) electrons. The molecule has 0 saturated carbocycles. The van der Waals surface area contributed by atoms with Gasteiger partial charge in [-0.25, -0.2) is 9.97 Å². The van der Waals surface area contributed by atoms with Gasteiger partial charge in [0.05, 0.1) is 25.6 Å². The minimum Gasteiger partial charge on any atom is -0.494 e. The van der Waals surface area contributed by atoms with Crippen molar-refractivity contribution in [2.24, 2.45) is 5.92 Å². The van der Waals surface area contributed by atoms with Crippen LogP contribution in [0.25, 0.3) is 11.4 Å². The summed E-state index contributed by atoms with van der Waals surface area (Å²) in [5.74, 6) is 3.15. The quantitative estimate of drug-likeness (QED) is 0.300. The minimum atomic E-state index is 0.709. The van der Waals surface area contributed by atoms with Gasteiger partial charge in [-0.2, -0.15) is 0 Å². The molecule has 160 valence electrons. The molecule has 0 saturated heterocycles. The number of ether oxygens (including phenoxy) is 2. The number of unbranched alkanes of at least 4 members (excludes halogenated alkanes) is 5. The third-order valence-electron chi connectivity index (χ3n) is 5.31. The van der Waals surface area contributed by atoms with Crippen LogP contribution in [0, 0.1) is 5.92 Å². The average Bonchev–Trinajstić information content (AvgIpc) is 2.76. The lowest BCUT2D eigenvalue weighted by Crippen LogP contribution is -2.00. The number of benzene rings is 1. The van der Waals surface area contributed by atoms with Gasteiger partial charge in [-0.15, -0.1) is 0 Å². The first kappa shape index (κ1) is 23.2. The smallest absolute Gasteiger partial charge is 0.159 e. The van der Waals surface area contributed by atoms with Gasteiger partial charge in [0.1, 0.15) is 5.75 Å². The highest BCUT2D eigenvalue weighted by atomic mass is 16.5. The van der Waals surface area contributed by atoms with Gasteiger partial charge in [0.2, 0.25) is 0 Å². The molecule has 1 unspecified atom stereocenters. The zero-order valence-corrected chi connectivity index (χ0v) is 18.5. The van der Waals surface area contributed by atoms with Gasteiger partial charge in [0, 0.05) is 5.56 Å². The van der Waals surface area contributed by atoms with Crippen LogP contribution in [0.4, 0.5) is 0 Å². The largest absolute Gasteiger partial charge is 0.494 e. The third-order valence-corrected chi connectivity index (χ3v) is 5.31. The molecule has 0 amide bonds. The van der Waals surface area contributed by atoms with E-state index in [2.05, 4.69) is 30.7 Å². The van der Waals surface area contributed by atoms with Crippen molar-refractivity contribution < 1.29 is 9.47 Å². The second-order valence-electron chi connectivity index (χ2n) is 7.89. The van der Waals surface area contributed by atoms with Crippen LogP contribution in [0.5, 0.6) is 11.5 Å². The third kappa shape index (κ3) is 9.29. The first-order valence-corrected chi connectivity index (χ1v) is 11.4. The molecule has 4 nitrogen and oxygen atoms in total. The number of rotatable bonds is 15. The summed E-state index contributed by atoms with van der Waals surface area (Å²) in [6, 6.07) is 8.01. The van der Waals surface area contributed by atoms with E-state index in [9.17, 15) is 0 Å². The summed E-state index contributed by atoms with van der Waals surface area (Å²) in [4.78, 5) is 8.89. The van der Waals surface area contributed by atoms with Crippen LogP contribution in [-0.2, 0) is 0 Å². The van der Waals surface area contributed by atoms with E-state index in [4.69, 9.17) is 9.47 Å². The van der Waals surface area contributed by atoms with Crippen LogP contribution in [0.3, 0.4) is 0 Å². The fourth-order valence-corrected chi connectivity index (χ4v) is 3.12. The Balaban J connectivity index is 1.70. The molecule has 0 bridgehead atoms. The zero-order valence-electron chi connectivity index (χ0n) is 18.5. The van der Waals surface area contributed by atoms with Crippen molar-refractivity contribution in [3.63, 3.8) is 0 Å². The van der Waals surface area contributed by atoms with Gasteiger partial charge in [-0.1, -0.05) is 59.3 Å². The number of aromatic nitrogens is 2. The maximum absolute atomic E-state index is 5.82. The standard InChI is InChI=1S/C25H38N2O2/c1-4-6-7-8-10-17-28-23-15-13-22(14-16-23)25-26-19-24(20-27-25)29-18-11-9-12-21(3)5-2/h13-16,19-21H,4-12,17-18H2,1-3H3. The number of hydrogen-bond donors (Lipinski definition) is 0. The van der Waals surface area contributed by atoms with Crippen LogP contribution < -0.4 is 9.47 Å². The second kappa shape index (κ2) is 14.0. The summed E-state index contributed by atoms with van der Waals surface area (Å²) in [7, 11) is 0. The van der Waals surface area contributed by atoms with Crippen molar-refractivity contribution >= 4 is 0 Å². The molecule has 29 heavy (non-hydrogen) atoms. The van der Waals surface area contributed by atoms with E-state index in [-0.39, 0.29) is 0 Å². The van der Waals surface area contributed by atoms with Gasteiger partial charge >= 0.3 is 0 Å². The summed E-state index contributed by atoms with van der Waals surface area (Å²) in [5, 5.41) is 0. The molecule has 2 aromatic rings. The summed E-state index contributed by atoms with van der Waals surface area (Å²) in [5.41, 5.74) is 0.986. The lowest BCUT2D eigenvalue weighted by molar-refractivity contribution is 0.297. The van der Waals surface area contributed by atoms with Crippen molar-refractivity contribution in [2.45, 2.75) is 78.6 Å². The van der Waals surface area contributed by atoms with Crippen molar-refractivity contribution in [3.05, 3.63) is 36.7 Å². The zero-order chi connectivity index (χ0) is 20.7. The van der Waals surface area contributed by atoms with Gasteiger partial charge in [-0.05, 0) is 49.4 Å². The molecule has 0 fully saturated rings. The number of hydrogen-bond acceptors (Lipinski definition) is 4. The van der Waals surface area contributed by atoms with Crippen LogP contribution in [0.1, 0.15) is 78.6 Å². The Morgan fingerprint density at radius 1 is 0.759 bits per heavy atom. The molecular weight excluding hydrogens is 360 g/mol. The monoisotopic (exact) mass is 398 g/mol. The Morgan fingerprint density at radius 3 is 2.03 bits per heavy atom. The first-order chi connectivity index (χ1) is 14.2. The van der Waals surface area contributed by atoms with Crippen LogP contribution >= 0.6 is 0 Å². The maximum atomic E-state index is 5.82. The highest BCUT2D eigenvalue weighted by molar-refractivity contribution is 5.56. The highest BCUT2D eigenvalue weighted by Gasteiger charge is 2.04. The van der Waals surface area contributed by atoms with Gasteiger partial charge < -0.3 is 9.47 Å². The normalized spacial score (nSPS) is 12.0.